The number of hydrogen-bond acceptors (Lipinski definition) is 6. The third kappa shape index (κ3) is 5.80. The summed E-state index contributed by atoms with van der Waals surface area (Å²) in [4.78, 5) is 23.8. The number of carbonyl (C=O) groups excluding carboxylic acids is 1. The normalized spacial score (nSPS) is 12.9. The van der Waals surface area contributed by atoms with E-state index in [2.05, 4.69) is 15.6 Å². The number of halogens is 1. The molecule has 3 aromatic rings. The number of carbonyl (C=O) groups is 2. The van der Waals surface area contributed by atoms with Crippen molar-refractivity contribution >= 4 is 23.5 Å². The zero-order valence-corrected chi connectivity index (χ0v) is 17.3. The third-order valence-electron chi connectivity index (χ3n) is 4.79. The number of carboxylic acid groups (broad SMARTS) is 1. The average molecular weight is 445 g/mol. The van der Waals surface area contributed by atoms with E-state index in [0.717, 1.165) is 28.5 Å². The van der Waals surface area contributed by atoms with Crippen LogP contribution in [0.1, 0.15) is 28.0 Å². The van der Waals surface area contributed by atoms with Crippen LogP contribution < -0.4 is 5.32 Å². The molecule has 2 atom stereocenters. The fourth-order valence-corrected chi connectivity index (χ4v) is 3.36. The van der Waals surface area contributed by atoms with Crippen LogP contribution in [0.15, 0.2) is 48.7 Å². The Hall–Kier alpha value is -3.43. The quantitative estimate of drug-likeness (QED) is 0.391. The number of benzene rings is 2. The number of rotatable bonds is 8. The molecule has 0 unspecified atom stereocenters. The van der Waals surface area contributed by atoms with Gasteiger partial charge in [-0.2, -0.15) is 0 Å². The molecular weight excluding hydrogens is 424 g/mol. The van der Waals surface area contributed by atoms with Gasteiger partial charge in [-0.05, 0) is 52.9 Å². The van der Waals surface area contributed by atoms with Gasteiger partial charge in [-0.25, -0.2) is 4.79 Å². The van der Waals surface area contributed by atoms with Gasteiger partial charge in [0.1, 0.15) is 0 Å². The van der Waals surface area contributed by atoms with E-state index in [1.54, 1.807) is 0 Å². The first kappa shape index (κ1) is 22.3. The van der Waals surface area contributed by atoms with E-state index >= 15 is 0 Å². The maximum absolute atomic E-state index is 12.3. The number of nitrogens with one attached hydrogen (secondary N) is 1. The van der Waals surface area contributed by atoms with E-state index < -0.39 is 24.0 Å². The highest BCUT2D eigenvalue weighted by Gasteiger charge is 2.23. The van der Waals surface area contributed by atoms with Crippen LogP contribution in [0.25, 0.3) is 11.1 Å². The van der Waals surface area contributed by atoms with Gasteiger partial charge in [0.15, 0.2) is 11.8 Å². The van der Waals surface area contributed by atoms with Crippen molar-refractivity contribution in [2.75, 3.05) is 0 Å². The number of nitrogens with zero attached hydrogens (tertiary/aromatic N) is 3. The van der Waals surface area contributed by atoms with Gasteiger partial charge >= 0.3 is 5.97 Å². The average Bonchev–Trinajstić information content (AvgIpc) is 3.17. The Bertz CT molecular complexity index is 1080. The van der Waals surface area contributed by atoms with Gasteiger partial charge in [0, 0.05) is 17.5 Å². The fourth-order valence-electron chi connectivity index (χ4n) is 3.19. The van der Waals surface area contributed by atoms with Gasteiger partial charge in [0.2, 0.25) is 0 Å². The Morgan fingerprint density at radius 1 is 1.19 bits per heavy atom. The molecule has 0 spiro atoms. The molecule has 0 aliphatic rings. The van der Waals surface area contributed by atoms with Crippen molar-refractivity contribution in [3.8, 4) is 11.1 Å². The molecule has 10 heteroatoms. The van der Waals surface area contributed by atoms with E-state index in [-0.39, 0.29) is 18.5 Å². The van der Waals surface area contributed by atoms with Crippen molar-refractivity contribution in [3.05, 3.63) is 70.5 Å². The predicted octanol–water partition coefficient (Wildman–Crippen LogP) is 2.32. The number of aliphatic carboxylic acids is 1. The van der Waals surface area contributed by atoms with Crippen molar-refractivity contribution in [1.82, 2.24) is 20.5 Å². The highest BCUT2D eigenvalue weighted by Crippen LogP contribution is 2.27. The topological polar surface area (TPSA) is 138 Å². The fraction of sp³-hybridized carbons (Fsp3) is 0.238. The summed E-state index contributed by atoms with van der Waals surface area (Å²) in [5, 5.41) is 38.1. The molecule has 31 heavy (non-hydrogen) atoms. The maximum Gasteiger partial charge on any atom is 0.332 e. The summed E-state index contributed by atoms with van der Waals surface area (Å²) in [5.41, 5.74) is 3.73. The smallest absolute Gasteiger partial charge is 0.332 e. The molecule has 162 valence electrons. The highest BCUT2D eigenvalue weighted by atomic mass is 35.5. The van der Waals surface area contributed by atoms with Crippen LogP contribution in [0.5, 0.6) is 0 Å². The Balaban J connectivity index is 1.77. The van der Waals surface area contributed by atoms with Crippen LogP contribution in [-0.4, -0.2) is 54.6 Å². The second kappa shape index (κ2) is 9.59. The van der Waals surface area contributed by atoms with Gasteiger partial charge in [-0.15, -0.1) is 5.10 Å². The molecule has 0 saturated heterocycles. The van der Waals surface area contributed by atoms with Gasteiger partial charge in [0.05, 0.1) is 6.20 Å². The second-order valence-electron chi connectivity index (χ2n) is 7.14. The first-order valence-corrected chi connectivity index (χ1v) is 9.79. The highest BCUT2D eigenvalue weighted by molar-refractivity contribution is 6.30. The van der Waals surface area contributed by atoms with E-state index in [1.165, 1.54) is 0 Å². The van der Waals surface area contributed by atoms with Crippen LogP contribution in [0, 0.1) is 6.92 Å². The number of amides is 1. The molecule has 9 nitrogen and oxygen atoms in total. The molecule has 1 aromatic heterocycles. The van der Waals surface area contributed by atoms with Crippen molar-refractivity contribution in [2.45, 2.75) is 31.9 Å². The second-order valence-corrected chi connectivity index (χ2v) is 7.58. The minimum atomic E-state index is -1.65. The maximum atomic E-state index is 12.3. The standard InChI is InChI=1S/C21H21ClN4O5/c1-12-2-7-15(22)9-17(12)14-5-3-13(4-6-14)8-16(10-19(27)21(29)30)23-20(28)18-11-26(31)25-24-18/h2-7,9,11,16,19,27,31H,8,10H2,1H3,(H,23,28)(H,29,30)/t16-,19-/m1/s1. The van der Waals surface area contributed by atoms with E-state index in [4.69, 9.17) is 16.7 Å². The summed E-state index contributed by atoms with van der Waals surface area (Å²) in [6.07, 6.45) is -0.559. The van der Waals surface area contributed by atoms with E-state index in [9.17, 15) is 19.9 Å². The summed E-state index contributed by atoms with van der Waals surface area (Å²) in [6.45, 7) is 1.99. The van der Waals surface area contributed by atoms with Crippen LogP contribution in [-0.2, 0) is 11.2 Å². The molecular formula is C21H21ClN4O5. The van der Waals surface area contributed by atoms with Crippen molar-refractivity contribution < 1.29 is 25.0 Å². The zero-order valence-electron chi connectivity index (χ0n) is 16.6. The lowest BCUT2D eigenvalue weighted by Crippen LogP contribution is -2.40. The largest absolute Gasteiger partial charge is 0.479 e. The molecule has 2 aromatic carbocycles. The lowest BCUT2D eigenvalue weighted by molar-refractivity contribution is -0.147. The molecule has 0 saturated carbocycles. The minimum absolute atomic E-state index is 0.135. The predicted molar refractivity (Wildman–Crippen MR) is 112 cm³/mol. The van der Waals surface area contributed by atoms with Crippen LogP contribution in [0.3, 0.4) is 0 Å². The molecule has 0 bridgehead atoms. The van der Waals surface area contributed by atoms with Gasteiger partial charge in [0.25, 0.3) is 5.91 Å². The minimum Gasteiger partial charge on any atom is -0.479 e. The Morgan fingerprint density at radius 3 is 2.52 bits per heavy atom. The van der Waals surface area contributed by atoms with E-state index in [0.29, 0.717) is 9.87 Å². The van der Waals surface area contributed by atoms with Gasteiger partial charge < -0.3 is 20.7 Å². The molecule has 3 rings (SSSR count). The lowest BCUT2D eigenvalue weighted by Gasteiger charge is -2.20. The third-order valence-corrected chi connectivity index (χ3v) is 5.02. The summed E-state index contributed by atoms with van der Waals surface area (Å²) in [5.74, 6) is -2.03. The summed E-state index contributed by atoms with van der Waals surface area (Å²) in [7, 11) is 0. The van der Waals surface area contributed by atoms with Crippen molar-refractivity contribution in [3.63, 3.8) is 0 Å². The Kier molecular flexibility index (Phi) is 6.88. The first-order valence-electron chi connectivity index (χ1n) is 9.41. The molecule has 0 radical (unpaired) electrons. The first-order chi connectivity index (χ1) is 14.7. The summed E-state index contributed by atoms with van der Waals surface area (Å²) < 4.78 is 0. The number of aryl methyl sites for hydroxylation is 1. The molecule has 4 N–H and O–H groups in total. The van der Waals surface area contributed by atoms with Crippen LogP contribution in [0.4, 0.5) is 0 Å². The van der Waals surface area contributed by atoms with Gasteiger partial charge in [-0.3, -0.25) is 4.79 Å². The monoisotopic (exact) mass is 444 g/mol. The Morgan fingerprint density at radius 2 is 1.90 bits per heavy atom. The zero-order chi connectivity index (χ0) is 22.5. The SMILES string of the molecule is Cc1ccc(Cl)cc1-c1ccc(C[C@H](C[C@@H](O)C(=O)O)NC(=O)c2cn(O)nn2)cc1. The summed E-state index contributed by atoms with van der Waals surface area (Å²) >= 11 is 6.10. The molecule has 0 aliphatic heterocycles. The van der Waals surface area contributed by atoms with Crippen molar-refractivity contribution in [2.24, 2.45) is 0 Å². The summed E-state index contributed by atoms with van der Waals surface area (Å²) in [6, 6.07) is 12.5. The number of carboxylic acids is 1. The van der Waals surface area contributed by atoms with Crippen LogP contribution in [0.2, 0.25) is 5.02 Å². The van der Waals surface area contributed by atoms with Crippen LogP contribution >= 0.6 is 11.6 Å². The molecule has 1 heterocycles. The number of aromatic nitrogens is 3. The molecule has 0 fully saturated rings. The van der Waals surface area contributed by atoms with Crippen molar-refractivity contribution in [1.29, 1.82) is 0 Å². The molecule has 0 aliphatic carbocycles. The number of hydrogen-bond donors (Lipinski definition) is 4. The van der Waals surface area contributed by atoms with E-state index in [1.807, 2.05) is 49.4 Å². The van der Waals surface area contributed by atoms with Gasteiger partial charge in [-0.1, -0.05) is 46.8 Å². The number of aliphatic hydroxyl groups is 1. The lowest BCUT2D eigenvalue weighted by atomic mass is 9.96. The Labute approximate surface area is 182 Å². The number of aliphatic hydroxyl groups excluding tert-OH is 1. The molecule has 1 amide bonds.